The van der Waals surface area contributed by atoms with Crippen LogP contribution in [0.15, 0.2) is 24.3 Å². The third-order valence-electron chi connectivity index (χ3n) is 5.68. The first-order valence-electron chi connectivity index (χ1n) is 9.75. The van der Waals surface area contributed by atoms with Gasteiger partial charge >= 0.3 is 0 Å². The lowest BCUT2D eigenvalue weighted by atomic mass is 9.94. The summed E-state index contributed by atoms with van der Waals surface area (Å²) in [6.07, 6.45) is 5.02. The number of rotatable bonds is 5. The highest BCUT2D eigenvalue weighted by atomic mass is 16.5. The lowest BCUT2D eigenvalue weighted by Crippen LogP contribution is -2.45. The van der Waals surface area contributed by atoms with Gasteiger partial charge in [-0.3, -0.25) is 4.79 Å². The summed E-state index contributed by atoms with van der Waals surface area (Å²) in [5.41, 5.74) is 1.85. The molecule has 1 atom stereocenters. The van der Waals surface area contributed by atoms with Crippen LogP contribution < -0.4 is 0 Å². The van der Waals surface area contributed by atoms with Crippen molar-refractivity contribution < 1.29 is 9.53 Å². The van der Waals surface area contributed by atoms with Crippen LogP contribution in [0.4, 0.5) is 0 Å². The third-order valence-corrected chi connectivity index (χ3v) is 5.68. The van der Waals surface area contributed by atoms with Gasteiger partial charge in [-0.25, -0.2) is 0 Å². The molecule has 25 heavy (non-hydrogen) atoms. The van der Waals surface area contributed by atoms with E-state index in [2.05, 4.69) is 16.7 Å². The molecular formula is C21H32N2O2. The van der Waals surface area contributed by atoms with Gasteiger partial charge < -0.3 is 14.5 Å². The summed E-state index contributed by atoms with van der Waals surface area (Å²) in [6, 6.07) is 7.87. The maximum absolute atomic E-state index is 12.9. The number of carbonyl (C=O) groups excluding carboxylic acids is 1. The van der Waals surface area contributed by atoms with Crippen LogP contribution in [-0.4, -0.2) is 55.5 Å². The normalized spacial score (nSPS) is 23.0. The van der Waals surface area contributed by atoms with E-state index in [9.17, 15) is 4.79 Å². The molecule has 1 aromatic rings. The second kappa shape index (κ2) is 8.81. The molecule has 0 aromatic heterocycles. The maximum Gasteiger partial charge on any atom is 0.253 e. The van der Waals surface area contributed by atoms with Crippen LogP contribution >= 0.6 is 0 Å². The van der Waals surface area contributed by atoms with Gasteiger partial charge in [0, 0.05) is 32.3 Å². The molecule has 3 rings (SSSR count). The average Bonchev–Trinajstić information content (AvgIpc) is 2.64. The smallest absolute Gasteiger partial charge is 0.253 e. The predicted molar refractivity (Wildman–Crippen MR) is 101 cm³/mol. The minimum absolute atomic E-state index is 0.176. The maximum atomic E-state index is 12.9. The summed E-state index contributed by atoms with van der Waals surface area (Å²) in [7, 11) is 1.69. The molecule has 2 heterocycles. The Hall–Kier alpha value is -1.39. The van der Waals surface area contributed by atoms with E-state index in [1.165, 1.54) is 32.4 Å². The van der Waals surface area contributed by atoms with E-state index in [0.717, 1.165) is 43.1 Å². The van der Waals surface area contributed by atoms with Crippen molar-refractivity contribution in [3.63, 3.8) is 0 Å². The van der Waals surface area contributed by atoms with Crippen molar-refractivity contribution in [3.05, 3.63) is 35.4 Å². The SMILES string of the molecule is COCc1cccc(C(=O)N2CCCC(CN3CCC(C)CC3)C2)c1. The number of ether oxygens (including phenoxy) is 1. The third kappa shape index (κ3) is 5.05. The fourth-order valence-corrected chi connectivity index (χ4v) is 4.15. The van der Waals surface area contributed by atoms with E-state index in [1.807, 2.05) is 24.3 Å². The monoisotopic (exact) mass is 344 g/mol. The van der Waals surface area contributed by atoms with Gasteiger partial charge in [-0.1, -0.05) is 19.1 Å². The molecule has 0 spiro atoms. The van der Waals surface area contributed by atoms with E-state index in [4.69, 9.17) is 4.74 Å². The number of benzene rings is 1. The van der Waals surface area contributed by atoms with Gasteiger partial charge in [-0.15, -0.1) is 0 Å². The van der Waals surface area contributed by atoms with Crippen molar-refractivity contribution in [2.45, 2.75) is 39.2 Å². The Kier molecular flexibility index (Phi) is 6.49. The van der Waals surface area contributed by atoms with Crippen molar-refractivity contribution in [3.8, 4) is 0 Å². The summed E-state index contributed by atoms with van der Waals surface area (Å²) in [5.74, 6) is 1.67. The van der Waals surface area contributed by atoms with Gasteiger partial charge in [0.2, 0.25) is 0 Å². The molecule has 4 nitrogen and oxygen atoms in total. The van der Waals surface area contributed by atoms with Crippen LogP contribution in [0.3, 0.4) is 0 Å². The van der Waals surface area contributed by atoms with E-state index in [0.29, 0.717) is 12.5 Å². The zero-order chi connectivity index (χ0) is 17.6. The van der Waals surface area contributed by atoms with Crippen molar-refractivity contribution in [2.24, 2.45) is 11.8 Å². The lowest BCUT2D eigenvalue weighted by Gasteiger charge is -2.38. The van der Waals surface area contributed by atoms with Gasteiger partial charge in [0.15, 0.2) is 0 Å². The highest BCUT2D eigenvalue weighted by Crippen LogP contribution is 2.23. The summed E-state index contributed by atoms with van der Waals surface area (Å²) in [4.78, 5) is 17.6. The second-order valence-corrected chi connectivity index (χ2v) is 7.88. The molecule has 0 radical (unpaired) electrons. The average molecular weight is 344 g/mol. The minimum atomic E-state index is 0.176. The molecule has 2 saturated heterocycles. The van der Waals surface area contributed by atoms with E-state index >= 15 is 0 Å². The molecule has 1 amide bonds. The molecule has 0 N–H and O–H groups in total. The molecule has 4 heteroatoms. The van der Waals surface area contributed by atoms with Gasteiger partial charge in [0.1, 0.15) is 0 Å². The number of carbonyl (C=O) groups is 1. The number of nitrogens with zero attached hydrogens (tertiary/aromatic N) is 2. The van der Waals surface area contributed by atoms with Crippen LogP contribution in [0.25, 0.3) is 0 Å². The van der Waals surface area contributed by atoms with Gasteiger partial charge in [-0.05, 0) is 68.3 Å². The van der Waals surface area contributed by atoms with Crippen LogP contribution in [-0.2, 0) is 11.3 Å². The standard InChI is InChI=1S/C21H32N2O2/c1-17-8-11-22(12-9-17)14-19-6-4-10-23(15-19)21(24)20-7-3-5-18(13-20)16-25-2/h3,5,7,13,17,19H,4,6,8-12,14-16H2,1-2H3. The lowest BCUT2D eigenvalue weighted by molar-refractivity contribution is 0.0622. The quantitative estimate of drug-likeness (QED) is 0.820. The number of piperidine rings is 2. The van der Waals surface area contributed by atoms with Gasteiger partial charge in [0.05, 0.1) is 6.61 Å². The Balaban J connectivity index is 1.57. The fourth-order valence-electron chi connectivity index (χ4n) is 4.15. The summed E-state index contributed by atoms with van der Waals surface area (Å²) >= 11 is 0. The molecule has 2 fully saturated rings. The van der Waals surface area contributed by atoms with Crippen LogP contribution in [0.5, 0.6) is 0 Å². The molecule has 1 aromatic carbocycles. The second-order valence-electron chi connectivity index (χ2n) is 7.88. The van der Waals surface area contributed by atoms with Crippen molar-refractivity contribution >= 4 is 5.91 Å². The molecule has 1 unspecified atom stereocenters. The zero-order valence-corrected chi connectivity index (χ0v) is 15.7. The Morgan fingerprint density at radius 1 is 1.20 bits per heavy atom. The molecule has 0 saturated carbocycles. The highest BCUT2D eigenvalue weighted by molar-refractivity contribution is 5.94. The number of hydrogen-bond donors (Lipinski definition) is 0. The number of methoxy groups -OCH3 is 1. The van der Waals surface area contributed by atoms with E-state index < -0.39 is 0 Å². The van der Waals surface area contributed by atoms with Crippen LogP contribution in [0, 0.1) is 11.8 Å². The summed E-state index contributed by atoms with van der Waals surface area (Å²) in [6.45, 7) is 8.31. The van der Waals surface area contributed by atoms with E-state index in [-0.39, 0.29) is 5.91 Å². The number of hydrogen-bond acceptors (Lipinski definition) is 3. The molecular weight excluding hydrogens is 312 g/mol. The fraction of sp³-hybridized carbons (Fsp3) is 0.667. The van der Waals surface area contributed by atoms with Crippen LogP contribution in [0.2, 0.25) is 0 Å². The Bertz CT molecular complexity index is 567. The Morgan fingerprint density at radius 3 is 2.76 bits per heavy atom. The number of likely N-dealkylation sites (tertiary alicyclic amines) is 2. The van der Waals surface area contributed by atoms with E-state index in [1.54, 1.807) is 7.11 Å². The molecule has 0 aliphatic carbocycles. The first-order chi connectivity index (χ1) is 12.2. The first-order valence-corrected chi connectivity index (χ1v) is 9.75. The Morgan fingerprint density at radius 2 is 2.00 bits per heavy atom. The minimum Gasteiger partial charge on any atom is -0.380 e. The van der Waals surface area contributed by atoms with Crippen molar-refractivity contribution in [2.75, 3.05) is 39.8 Å². The summed E-state index contributed by atoms with van der Waals surface area (Å²) < 4.78 is 5.19. The topological polar surface area (TPSA) is 32.8 Å². The molecule has 0 bridgehead atoms. The predicted octanol–water partition coefficient (Wildman–Crippen LogP) is 3.42. The summed E-state index contributed by atoms with van der Waals surface area (Å²) in [5, 5.41) is 0. The zero-order valence-electron chi connectivity index (χ0n) is 15.7. The first kappa shape index (κ1) is 18.4. The molecule has 2 aliphatic rings. The Labute approximate surface area is 152 Å². The largest absolute Gasteiger partial charge is 0.380 e. The van der Waals surface area contributed by atoms with Crippen LogP contribution in [0.1, 0.15) is 48.5 Å². The number of amides is 1. The molecule has 138 valence electrons. The van der Waals surface area contributed by atoms with Gasteiger partial charge in [0.25, 0.3) is 5.91 Å². The molecule has 2 aliphatic heterocycles. The van der Waals surface area contributed by atoms with Gasteiger partial charge in [-0.2, -0.15) is 0 Å². The van der Waals surface area contributed by atoms with Crippen molar-refractivity contribution in [1.29, 1.82) is 0 Å². The highest BCUT2D eigenvalue weighted by Gasteiger charge is 2.27. The van der Waals surface area contributed by atoms with Crippen molar-refractivity contribution in [1.82, 2.24) is 9.80 Å².